The molecular formula is C13H12F3N3OS2. The van der Waals surface area contributed by atoms with Gasteiger partial charge in [0.1, 0.15) is 5.01 Å². The van der Waals surface area contributed by atoms with E-state index in [-0.39, 0.29) is 5.91 Å². The molecule has 1 aromatic heterocycles. The first-order valence-electron chi connectivity index (χ1n) is 6.20. The summed E-state index contributed by atoms with van der Waals surface area (Å²) in [4.78, 5) is 12.0. The number of carbonyl (C=O) groups excluding carboxylic acids is 1. The summed E-state index contributed by atoms with van der Waals surface area (Å²) in [6.45, 7) is 3.51. The number of aromatic nitrogens is 2. The zero-order valence-electron chi connectivity index (χ0n) is 11.6. The maximum absolute atomic E-state index is 12.5. The van der Waals surface area contributed by atoms with E-state index in [1.165, 1.54) is 35.2 Å². The molecule has 0 spiro atoms. The Morgan fingerprint density at radius 2 is 1.91 bits per heavy atom. The molecule has 0 saturated heterocycles. The van der Waals surface area contributed by atoms with E-state index in [2.05, 4.69) is 15.5 Å². The van der Waals surface area contributed by atoms with Crippen molar-refractivity contribution in [3.8, 4) is 0 Å². The fourth-order valence-corrected chi connectivity index (χ4v) is 3.48. The SMILES string of the molecule is Cc1nnc(S[C@@H](C)C(=O)Nc2ccc(C(F)(F)F)cc2)s1. The molecule has 0 aliphatic carbocycles. The zero-order chi connectivity index (χ0) is 16.3. The number of hydrogen-bond acceptors (Lipinski definition) is 5. The molecule has 0 fully saturated rings. The maximum atomic E-state index is 12.5. The third-order valence-electron chi connectivity index (χ3n) is 2.63. The summed E-state index contributed by atoms with van der Waals surface area (Å²) in [6.07, 6.45) is -4.39. The van der Waals surface area contributed by atoms with Crippen LogP contribution in [0.3, 0.4) is 0 Å². The maximum Gasteiger partial charge on any atom is 0.416 e. The molecule has 4 nitrogen and oxygen atoms in total. The van der Waals surface area contributed by atoms with Crippen LogP contribution in [0.25, 0.3) is 0 Å². The predicted octanol–water partition coefficient (Wildman–Crippen LogP) is 3.98. The fourth-order valence-electron chi connectivity index (χ4n) is 1.52. The number of benzene rings is 1. The van der Waals surface area contributed by atoms with E-state index >= 15 is 0 Å². The molecule has 1 heterocycles. The number of nitrogens with one attached hydrogen (secondary N) is 1. The zero-order valence-corrected chi connectivity index (χ0v) is 13.3. The van der Waals surface area contributed by atoms with Crippen molar-refractivity contribution in [1.29, 1.82) is 0 Å². The Labute approximate surface area is 133 Å². The van der Waals surface area contributed by atoms with Gasteiger partial charge in [-0.05, 0) is 38.1 Å². The monoisotopic (exact) mass is 347 g/mol. The van der Waals surface area contributed by atoms with Crippen LogP contribution in [0.1, 0.15) is 17.5 Å². The number of thioether (sulfide) groups is 1. The van der Waals surface area contributed by atoms with E-state index in [1.807, 2.05) is 6.92 Å². The highest BCUT2D eigenvalue weighted by molar-refractivity contribution is 8.02. The number of nitrogens with zero attached hydrogens (tertiary/aromatic N) is 2. The van der Waals surface area contributed by atoms with Crippen molar-refractivity contribution in [3.05, 3.63) is 34.8 Å². The lowest BCUT2D eigenvalue weighted by molar-refractivity contribution is -0.137. The Balaban J connectivity index is 1.96. The van der Waals surface area contributed by atoms with Crippen LogP contribution in [0.5, 0.6) is 0 Å². The summed E-state index contributed by atoms with van der Waals surface area (Å²) in [6, 6.07) is 4.32. The van der Waals surface area contributed by atoms with Crippen LogP contribution < -0.4 is 5.32 Å². The predicted molar refractivity (Wildman–Crippen MR) is 80.0 cm³/mol. The molecule has 2 aromatic rings. The van der Waals surface area contributed by atoms with Crippen molar-refractivity contribution < 1.29 is 18.0 Å². The lowest BCUT2D eigenvalue weighted by Gasteiger charge is -2.11. The number of hydrogen-bond donors (Lipinski definition) is 1. The highest BCUT2D eigenvalue weighted by Gasteiger charge is 2.30. The molecular weight excluding hydrogens is 335 g/mol. The smallest absolute Gasteiger partial charge is 0.325 e. The molecule has 0 aliphatic rings. The van der Waals surface area contributed by atoms with Crippen LogP contribution in [-0.2, 0) is 11.0 Å². The normalized spacial score (nSPS) is 13.0. The Hall–Kier alpha value is -1.61. The summed E-state index contributed by atoms with van der Waals surface area (Å²) < 4.78 is 38.0. The van der Waals surface area contributed by atoms with E-state index in [1.54, 1.807) is 6.92 Å². The van der Waals surface area contributed by atoms with E-state index in [0.29, 0.717) is 10.0 Å². The van der Waals surface area contributed by atoms with E-state index in [4.69, 9.17) is 0 Å². The second-order valence-electron chi connectivity index (χ2n) is 4.41. The molecule has 0 aliphatic heterocycles. The van der Waals surface area contributed by atoms with Crippen molar-refractivity contribution in [1.82, 2.24) is 10.2 Å². The summed E-state index contributed by atoms with van der Waals surface area (Å²) >= 11 is 2.63. The van der Waals surface area contributed by atoms with Crippen molar-refractivity contribution in [2.24, 2.45) is 0 Å². The van der Waals surface area contributed by atoms with Crippen LogP contribution in [-0.4, -0.2) is 21.4 Å². The first-order valence-corrected chi connectivity index (χ1v) is 7.90. The summed E-state index contributed by atoms with van der Waals surface area (Å²) in [7, 11) is 0. The molecule has 0 saturated carbocycles. The summed E-state index contributed by atoms with van der Waals surface area (Å²) in [5.74, 6) is -0.308. The second-order valence-corrected chi connectivity index (χ2v) is 7.18. The number of alkyl halides is 3. The highest BCUT2D eigenvalue weighted by atomic mass is 32.2. The minimum absolute atomic E-state index is 0.308. The van der Waals surface area contributed by atoms with Gasteiger partial charge in [-0.25, -0.2) is 0 Å². The minimum Gasteiger partial charge on any atom is -0.325 e. The minimum atomic E-state index is -4.39. The van der Waals surface area contributed by atoms with Crippen LogP contribution in [0, 0.1) is 6.92 Å². The third-order valence-corrected chi connectivity index (χ3v) is 4.66. The van der Waals surface area contributed by atoms with Crippen LogP contribution in [0.15, 0.2) is 28.6 Å². The van der Waals surface area contributed by atoms with Gasteiger partial charge in [-0.3, -0.25) is 4.79 Å². The van der Waals surface area contributed by atoms with Crippen molar-refractivity contribution in [3.63, 3.8) is 0 Å². The van der Waals surface area contributed by atoms with Gasteiger partial charge in [0, 0.05) is 5.69 Å². The largest absolute Gasteiger partial charge is 0.416 e. The van der Waals surface area contributed by atoms with Gasteiger partial charge in [0.05, 0.1) is 10.8 Å². The van der Waals surface area contributed by atoms with Crippen molar-refractivity contribution in [2.75, 3.05) is 5.32 Å². The van der Waals surface area contributed by atoms with Gasteiger partial charge in [-0.1, -0.05) is 23.1 Å². The van der Waals surface area contributed by atoms with Crippen LogP contribution >= 0.6 is 23.1 Å². The average Bonchev–Trinajstić information content (AvgIpc) is 2.83. The Bertz CT molecular complexity index is 655. The Morgan fingerprint density at radius 1 is 1.27 bits per heavy atom. The third kappa shape index (κ3) is 4.44. The standard InChI is InChI=1S/C13H12F3N3OS2/c1-7(21-12-19-18-8(2)22-12)11(20)17-10-5-3-9(4-6-10)13(14,15)16/h3-7H,1-2H3,(H,17,20)/t7-/m0/s1. The molecule has 0 bridgehead atoms. The average molecular weight is 347 g/mol. The molecule has 1 aromatic carbocycles. The lowest BCUT2D eigenvalue weighted by atomic mass is 10.2. The number of carbonyl (C=O) groups is 1. The van der Waals surface area contributed by atoms with E-state index in [9.17, 15) is 18.0 Å². The Kier molecular flexibility index (Phi) is 5.07. The Morgan fingerprint density at radius 3 is 2.41 bits per heavy atom. The van der Waals surface area contributed by atoms with E-state index < -0.39 is 17.0 Å². The molecule has 22 heavy (non-hydrogen) atoms. The number of halogens is 3. The molecule has 2 rings (SSSR count). The number of rotatable bonds is 4. The quantitative estimate of drug-likeness (QED) is 0.850. The number of anilines is 1. The molecule has 118 valence electrons. The van der Waals surface area contributed by atoms with Gasteiger partial charge in [-0.15, -0.1) is 10.2 Å². The summed E-state index contributed by atoms with van der Waals surface area (Å²) in [5, 5.41) is 10.7. The number of amides is 1. The fraction of sp³-hybridized carbons (Fsp3) is 0.308. The first kappa shape index (κ1) is 16.8. The molecule has 9 heteroatoms. The van der Waals surface area contributed by atoms with Gasteiger partial charge >= 0.3 is 6.18 Å². The topological polar surface area (TPSA) is 54.9 Å². The van der Waals surface area contributed by atoms with E-state index in [0.717, 1.165) is 17.1 Å². The van der Waals surface area contributed by atoms with Crippen molar-refractivity contribution in [2.45, 2.75) is 29.6 Å². The van der Waals surface area contributed by atoms with Gasteiger partial charge < -0.3 is 5.32 Å². The highest BCUT2D eigenvalue weighted by Crippen LogP contribution is 2.30. The molecule has 1 N–H and O–H groups in total. The molecule has 0 unspecified atom stereocenters. The van der Waals surface area contributed by atoms with Gasteiger partial charge in [-0.2, -0.15) is 13.2 Å². The van der Waals surface area contributed by atoms with Crippen LogP contribution in [0.2, 0.25) is 0 Å². The molecule has 0 radical (unpaired) electrons. The summed E-state index contributed by atoms with van der Waals surface area (Å²) in [5.41, 5.74) is -0.434. The van der Waals surface area contributed by atoms with Gasteiger partial charge in [0.25, 0.3) is 0 Å². The second kappa shape index (κ2) is 6.66. The molecule has 1 atom stereocenters. The van der Waals surface area contributed by atoms with Gasteiger partial charge in [0.2, 0.25) is 5.91 Å². The van der Waals surface area contributed by atoms with Crippen molar-refractivity contribution >= 4 is 34.7 Å². The lowest BCUT2D eigenvalue weighted by Crippen LogP contribution is -2.22. The van der Waals surface area contributed by atoms with Gasteiger partial charge in [0.15, 0.2) is 4.34 Å². The number of aryl methyl sites for hydroxylation is 1. The first-order chi connectivity index (χ1) is 10.3. The van der Waals surface area contributed by atoms with Crippen LogP contribution in [0.4, 0.5) is 18.9 Å². The molecule has 1 amide bonds.